The van der Waals surface area contributed by atoms with Crippen LogP contribution in [0.1, 0.15) is 27.7 Å². The molecule has 0 aliphatic heterocycles. The molecule has 0 unspecified atom stereocenters. The van der Waals surface area contributed by atoms with Gasteiger partial charge in [-0.05, 0) is 53.9 Å². The van der Waals surface area contributed by atoms with E-state index in [2.05, 4.69) is 15.9 Å². The summed E-state index contributed by atoms with van der Waals surface area (Å²) in [7, 11) is -3.66. The SMILES string of the molecule is CC(C)CN(C(C)C)S(=O)(=O)c1ccc(Br)c(F)c1. The van der Waals surface area contributed by atoms with Crippen molar-refractivity contribution in [3.63, 3.8) is 0 Å². The molecule has 0 bridgehead atoms. The predicted molar refractivity (Wildman–Crippen MR) is 78.0 cm³/mol. The molecule has 0 radical (unpaired) electrons. The summed E-state index contributed by atoms with van der Waals surface area (Å²) in [6.45, 7) is 7.95. The van der Waals surface area contributed by atoms with E-state index in [0.717, 1.165) is 6.07 Å². The molecule has 0 aromatic heterocycles. The van der Waals surface area contributed by atoms with Crippen LogP contribution in [0.2, 0.25) is 0 Å². The lowest BCUT2D eigenvalue weighted by atomic mass is 10.2. The largest absolute Gasteiger partial charge is 0.243 e. The number of benzene rings is 1. The van der Waals surface area contributed by atoms with E-state index in [4.69, 9.17) is 0 Å². The third-order valence-electron chi connectivity index (χ3n) is 2.62. The second-order valence-electron chi connectivity index (χ2n) is 5.14. The maximum absolute atomic E-state index is 13.5. The molecule has 1 aromatic carbocycles. The van der Waals surface area contributed by atoms with Crippen molar-refractivity contribution < 1.29 is 12.8 Å². The molecule has 1 aromatic rings. The topological polar surface area (TPSA) is 37.4 Å². The number of sulfonamides is 1. The molecule has 3 nitrogen and oxygen atoms in total. The van der Waals surface area contributed by atoms with Crippen molar-refractivity contribution in [1.82, 2.24) is 4.31 Å². The summed E-state index contributed by atoms with van der Waals surface area (Å²) in [5, 5.41) is 0. The minimum Gasteiger partial charge on any atom is -0.207 e. The van der Waals surface area contributed by atoms with Gasteiger partial charge in [-0.3, -0.25) is 0 Å². The van der Waals surface area contributed by atoms with Gasteiger partial charge in [0.1, 0.15) is 5.82 Å². The fourth-order valence-electron chi connectivity index (χ4n) is 1.72. The van der Waals surface area contributed by atoms with Gasteiger partial charge in [-0.15, -0.1) is 0 Å². The van der Waals surface area contributed by atoms with Crippen LogP contribution in [0.15, 0.2) is 27.6 Å². The average molecular weight is 352 g/mol. The summed E-state index contributed by atoms with van der Waals surface area (Å²) < 4.78 is 40.2. The molecule has 0 fully saturated rings. The van der Waals surface area contributed by atoms with Crippen LogP contribution in [-0.4, -0.2) is 25.3 Å². The molecule has 0 aliphatic carbocycles. The van der Waals surface area contributed by atoms with Crippen LogP contribution in [0.3, 0.4) is 0 Å². The quantitative estimate of drug-likeness (QED) is 0.811. The highest BCUT2D eigenvalue weighted by Gasteiger charge is 2.28. The number of rotatable bonds is 5. The third kappa shape index (κ3) is 4.00. The van der Waals surface area contributed by atoms with Gasteiger partial charge in [0.15, 0.2) is 0 Å². The van der Waals surface area contributed by atoms with E-state index in [1.807, 2.05) is 27.7 Å². The van der Waals surface area contributed by atoms with Gasteiger partial charge in [-0.2, -0.15) is 4.31 Å². The van der Waals surface area contributed by atoms with Gasteiger partial charge in [0, 0.05) is 12.6 Å². The number of hydrogen-bond donors (Lipinski definition) is 0. The highest BCUT2D eigenvalue weighted by Crippen LogP contribution is 2.24. The van der Waals surface area contributed by atoms with E-state index in [9.17, 15) is 12.8 Å². The minimum absolute atomic E-state index is 0.0115. The summed E-state index contributed by atoms with van der Waals surface area (Å²) >= 11 is 3.02. The molecule has 108 valence electrons. The normalized spacial score (nSPS) is 12.7. The van der Waals surface area contributed by atoms with Crippen molar-refractivity contribution in [2.45, 2.75) is 38.6 Å². The van der Waals surface area contributed by atoms with E-state index in [0.29, 0.717) is 6.54 Å². The zero-order valence-corrected chi connectivity index (χ0v) is 13.9. The minimum atomic E-state index is -3.66. The number of halogens is 2. The Hall–Kier alpha value is -0.460. The molecule has 0 N–H and O–H groups in total. The monoisotopic (exact) mass is 351 g/mol. The molecule has 0 atom stereocenters. The summed E-state index contributed by atoms with van der Waals surface area (Å²) in [4.78, 5) is -0.0115. The fraction of sp³-hybridized carbons (Fsp3) is 0.538. The average Bonchev–Trinajstić information content (AvgIpc) is 2.28. The second-order valence-corrected chi connectivity index (χ2v) is 7.88. The maximum Gasteiger partial charge on any atom is 0.243 e. The van der Waals surface area contributed by atoms with Gasteiger partial charge in [-0.25, -0.2) is 12.8 Å². The Morgan fingerprint density at radius 3 is 2.26 bits per heavy atom. The highest BCUT2D eigenvalue weighted by atomic mass is 79.9. The summed E-state index contributed by atoms with van der Waals surface area (Å²) in [6, 6.07) is 3.71. The van der Waals surface area contributed by atoms with Gasteiger partial charge in [-0.1, -0.05) is 13.8 Å². The van der Waals surface area contributed by atoms with E-state index in [1.165, 1.54) is 16.4 Å². The molecule has 1 rings (SSSR count). The molecular weight excluding hydrogens is 333 g/mol. The molecule has 0 saturated heterocycles. The fourth-order valence-corrected chi connectivity index (χ4v) is 3.78. The predicted octanol–water partition coefficient (Wildman–Crippen LogP) is 3.64. The Labute approximate surface area is 123 Å². The standard InChI is InChI=1S/C13H19BrFNO2S/c1-9(2)8-16(10(3)4)19(17,18)11-5-6-12(14)13(15)7-11/h5-7,9-10H,8H2,1-4H3. The van der Waals surface area contributed by atoms with E-state index in [1.54, 1.807) is 0 Å². The molecule has 0 aliphatic rings. The van der Waals surface area contributed by atoms with Crippen molar-refractivity contribution >= 4 is 26.0 Å². The Morgan fingerprint density at radius 2 is 1.84 bits per heavy atom. The van der Waals surface area contributed by atoms with Crippen molar-refractivity contribution in [2.24, 2.45) is 5.92 Å². The zero-order chi connectivity index (χ0) is 14.8. The third-order valence-corrected chi connectivity index (χ3v) is 5.30. The molecule has 0 saturated carbocycles. The first-order valence-electron chi connectivity index (χ1n) is 6.13. The van der Waals surface area contributed by atoms with E-state index < -0.39 is 15.8 Å². The van der Waals surface area contributed by atoms with Crippen molar-refractivity contribution in [1.29, 1.82) is 0 Å². The van der Waals surface area contributed by atoms with Crippen LogP contribution < -0.4 is 0 Å². The lowest BCUT2D eigenvalue weighted by Crippen LogP contribution is -2.39. The maximum atomic E-state index is 13.5. The zero-order valence-electron chi connectivity index (χ0n) is 11.5. The molecule has 0 spiro atoms. The molecule has 0 amide bonds. The molecule has 0 heterocycles. The Morgan fingerprint density at radius 1 is 1.26 bits per heavy atom. The van der Waals surface area contributed by atoms with Crippen LogP contribution in [-0.2, 0) is 10.0 Å². The van der Waals surface area contributed by atoms with Gasteiger partial charge >= 0.3 is 0 Å². The molecular formula is C13H19BrFNO2S. The van der Waals surface area contributed by atoms with Gasteiger partial charge in [0.2, 0.25) is 10.0 Å². The van der Waals surface area contributed by atoms with Crippen LogP contribution >= 0.6 is 15.9 Å². The second kappa shape index (κ2) is 6.33. The lowest BCUT2D eigenvalue weighted by Gasteiger charge is -2.27. The van der Waals surface area contributed by atoms with Crippen LogP contribution in [0.4, 0.5) is 4.39 Å². The Kier molecular flexibility index (Phi) is 5.53. The van der Waals surface area contributed by atoms with Gasteiger partial charge in [0.25, 0.3) is 0 Å². The molecule has 19 heavy (non-hydrogen) atoms. The van der Waals surface area contributed by atoms with Crippen LogP contribution in [0, 0.1) is 11.7 Å². The number of hydrogen-bond acceptors (Lipinski definition) is 2. The van der Waals surface area contributed by atoms with E-state index in [-0.39, 0.29) is 21.3 Å². The Balaban J connectivity index is 3.22. The van der Waals surface area contributed by atoms with Crippen molar-refractivity contribution in [3.05, 3.63) is 28.5 Å². The first-order valence-corrected chi connectivity index (χ1v) is 8.36. The van der Waals surface area contributed by atoms with Crippen LogP contribution in [0.25, 0.3) is 0 Å². The lowest BCUT2D eigenvalue weighted by molar-refractivity contribution is 0.318. The van der Waals surface area contributed by atoms with Crippen molar-refractivity contribution in [3.8, 4) is 0 Å². The highest BCUT2D eigenvalue weighted by molar-refractivity contribution is 9.10. The van der Waals surface area contributed by atoms with E-state index >= 15 is 0 Å². The van der Waals surface area contributed by atoms with Gasteiger partial charge in [0.05, 0.1) is 9.37 Å². The first kappa shape index (κ1) is 16.6. The summed E-state index contributed by atoms with van der Waals surface area (Å²) in [6.07, 6.45) is 0. The van der Waals surface area contributed by atoms with Gasteiger partial charge < -0.3 is 0 Å². The summed E-state index contributed by atoms with van der Waals surface area (Å²) in [5.74, 6) is -0.369. The Bertz CT molecular complexity index is 544. The smallest absolute Gasteiger partial charge is 0.207 e. The van der Waals surface area contributed by atoms with Crippen molar-refractivity contribution in [2.75, 3.05) is 6.54 Å². The first-order chi connectivity index (χ1) is 8.66. The summed E-state index contributed by atoms with van der Waals surface area (Å²) in [5.41, 5.74) is 0. The van der Waals surface area contributed by atoms with Crippen LogP contribution in [0.5, 0.6) is 0 Å². The number of nitrogens with zero attached hydrogens (tertiary/aromatic N) is 1. The molecule has 6 heteroatoms.